The van der Waals surface area contributed by atoms with E-state index in [9.17, 15) is 15.0 Å². The molecule has 1 saturated carbocycles. The number of aliphatic hydroxyl groups excluding tert-OH is 1. The van der Waals surface area contributed by atoms with Crippen LogP contribution < -0.4 is 5.73 Å². The van der Waals surface area contributed by atoms with Gasteiger partial charge in [0.25, 0.3) is 0 Å². The predicted molar refractivity (Wildman–Crippen MR) is 146 cm³/mol. The fourth-order valence-corrected chi connectivity index (χ4v) is 6.79. The lowest BCUT2D eigenvalue weighted by Gasteiger charge is -2.44. The predicted octanol–water partition coefficient (Wildman–Crippen LogP) is 7.34. The number of aryl methyl sites for hydroxylation is 2. The molecular weight excluding hydrogens is 470 g/mol. The summed E-state index contributed by atoms with van der Waals surface area (Å²) in [4.78, 5) is 14.7. The molecule has 0 spiro atoms. The average Bonchev–Trinajstić information content (AvgIpc) is 2.83. The summed E-state index contributed by atoms with van der Waals surface area (Å²) in [6.07, 6.45) is 7.14. The maximum absolute atomic E-state index is 13.5. The number of esters is 1. The van der Waals surface area contributed by atoms with Crippen LogP contribution in [0.5, 0.6) is 5.75 Å². The number of benzene rings is 2. The lowest BCUT2D eigenvalue weighted by atomic mass is 9.71. The second kappa shape index (κ2) is 10.4. The summed E-state index contributed by atoms with van der Waals surface area (Å²) in [7, 11) is 0. The standard InChI is InChI=1S/C30H39NO4S/c1-19-16-26(23(17-24(19)31)29(2,3)4)36-27-25(33)18-30(35-28(27)34,21-8-6-5-7-9-21)15-14-20-10-12-22(32)13-11-20/h10-13,16-17,21,32-33H,5-9,14-15,18,31H2,1-4H3/t30-/m1/s1. The zero-order valence-corrected chi connectivity index (χ0v) is 22.7. The fourth-order valence-electron chi connectivity index (χ4n) is 5.55. The Bertz CT molecular complexity index is 1140. The van der Waals surface area contributed by atoms with E-state index in [1.54, 1.807) is 12.1 Å². The second-order valence-corrected chi connectivity index (χ2v) is 12.5. The Morgan fingerprint density at radius 3 is 2.36 bits per heavy atom. The Balaban J connectivity index is 1.65. The number of ether oxygens (including phenoxy) is 1. The van der Waals surface area contributed by atoms with Gasteiger partial charge in [-0.15, -0.1) is 0 Å². The fraction of sp³-hybridized carbons (Fsp3) is 0.500. The van der Waals surface area contributed by atoms with Gasteiger partial charge in [-0.1, -0.05) is 63.9 Å². The number of thioether (sulfide) groups is 1. The number of phenolic OH excluding ortho intramolecular Hbond substituents is 1. The summed E-state index contributed by atoms with van der Waals surface area (Å²) in [5.74, 6) is 0.153. The lowest BCUT2D eigenvalue weighted by molar-refractivity contribution is -0.168. The number of anilines is 1. The molecule has 36 heavy (non-hydrogen) atoms. The van der Waals surface area contributed by atoms with Crippen molar-refractivity contribution in [1.82, 2.24) is 0 Å². The topological polar surface area (TPSA) is 92.8 Å². The normalized spacial score (nSPS) is 21.5. The largest absolute Gasteiger partial charge is 0.511 e. The summed E-state index contributed by atoms with van der Waals surface area (Å²) in [6, 6.07) is 11.2. The molecule has 1 heterocycles. The van der Waals surface area contributed by atoms with Gasteiger partial charge >= 0.3 is 5.97 Å². The number of nitrogen functional groups attached to an aromatic ring is 1. The number of aliphatic hydroxyl groups is 1. The van der Waals surface area contributed by atoms with Crippen molar-refractivity contribution in [3.63, 3.8) is 0 Å². The monoisotopic (exact) mass is 509 g/mol. The number of carbonyl (C=O) groups excluding carboxylic acids is 1. The minimum atomic E-state index is -0.715. The lowest BCUT2D eigenvalue weighted by Crippen LogP contribution is -2.47. The number of hydrogen-bond donors (Lipinski definition) is 3. The van der Waals surface area contributed by atoms with Gasteiger partial charge in [0.05, 0.1) is 0 Å². The van der Waals surface area contributed by atoms with Crippen molar-refractivity contribution in [3.05, 3.63) is 63.8 Å². The molecule has 0 unspecified atom stereocenters. The van der Waals surface area contributed by atoms with Gasteiger partial charge in [0.1, 0.15) is 22.0 Å². The SMILES string of the molecule is Cc1cc(SC2=C(O)C[C@](CCc3ccc(O)cc3)(C3CCCCC3)OC2=O)c(C(C)(C)C)cc1N. The minimum absolute atomic E-state index is 0.127. The molecule has 2 aromatic rings. The first kappa shape index (κ1) is 26.5. The zero-order valence-electron chi connectivity index (χ0n) is 21.9. The maximum Gasteiger partial charge on any atom is 0.349 e. The molecule has 6 heteroatoms. The second-order valence-electron chi connectivity index (χ2n) is 11.5. The van der Waals surface area contributed by atoms with E-state index in [2.05, 4.69) is 20.8 Å². The molecule has 1 aliphatic heterocycles. The molecule has 194 valence electrons. The van der Waals surface area contributed by atoms with Gasteiger partial charge in [-0.05, 0) is 84.9 Å². The molecule has 0 saturated heterocycles. The van der Waals surface area contributed by atoms with Gasteiger partial charge in [-0.2, -0.15) is 0 Å². The van der Waals surface area contributed by atoms with Crippen molar-refractivity contribution in [2.24, 2.45) is 5.92 Å². The molecule has 1 fully saturated rings. The Hall–Kier alpha value is -2.60. The van der Waals surface area contributed by atoms with Gasteiger partial charge in [-0.3, -0.25) is 0 Å². The van der Waals surface area contributed by atoms with Crippen molar-refractivity contribution < 1.29 is 19.7 Å². The third-order valence-electron chi connectivity index (χ3n) is 7.72. The number of carbonyl (C=O) groups is 1. The van der Waals surface area contributed by atoms with Crippen molar-refractivity contribution in [2.45, 2.75) is 95.0 Å². The van der Waals surface area contributed by atoms with E-state index in [1.165, 1.54) is 18.2 Å². The molecule has 1 atom stereocenters. The number of phenols is 1. The molecule has 2 aliphatic rings. The summed E-state index contributed by atoms with van der Waals surface area (Å²) in [6.45, 7) is 8.31. The first-order valence-electron chi connectivity index (χ1n) is 13.0. The Labute approximate surface area is 219 Å². The van der Waals surface area contributed by atoms with Crippen LogP contribution in [0.3, 0.4) is 0 Å². The summed E-state index contributed by atoms with van der Waals surface area (Å²) in [5, 5.41) is 21.0. The molecule has 4 N–H and O–H groups in total. The van der Waals surface area contributed by atoms with Crippen LogP contribution in [0.4, 0.5) is 5.69 Å². The van der Waals surface area contributed by atoms with Crippen LogP contribution in [0.15, 0.2) is 52.0 Å². The van der Waals surface area contributed by atoms with E-state index >= 15 is 0 Å². The number of hydrogen-bond acceptors (Lipinski definition) is 6. The van der Waals surface area contributed by atoms with Crippen LogP contribution in [0, 0.1) is 12.8 Å². The Kier molecular flexibility index (Phi) is 7.65. The average molecular weight is 510 g/mol. The van der Waals surface area contributed by atoms with Crippen LogP contribution in [0.2, 0.25) is 0 Å². The maximum atomic E-state index is 13.5. The molecule has 4 rings (SSSR count). The molecule has 0 aromatic heterocycles. The van der Waals surface area contributed by atoms with Crippen LogP contribution in [-0.2, 0) is 21.4 Å². The molecule has 1 aliphatic carbocycles. The van der Waals surface area contributed by atoms with Crippen LogP contribution in [0.25, 0.3) is 0 Å². The Morgan fingerprint density at radius 2 is 1.75 bits per heavy atom. The van der Waals surface area contributed by atoms with E-state index in [1.807, 2.05) is 31.2 Å². The zero-order chi connectivity index (χ0) is 26.1. The van der Waals surface area contributed by atoms with E-state index in [-0.39, 0.29) is 27.7 Å². The van der Waals surface area contributed by atoms with Gasteiger partial charge in [0, 0.05) is 17.0 Å². The highest BCUT2D eigenvalue weighted by molar-refractivity contribution is 8.04. The first-order valence-corrected chi connectivity index (χ1v) is 13.8. The highest BCUT2D eigenvalue weighted by atomic mass is 32.2. The molecule has 5 nitrogen and oxygen atoms in total. The van der Waals surface area contributed by atoms with Gasteiger partial charge < -0.3 is 20.7 Å². The van der Waals surface area contributed by atoms with Crippen molar-refractivity contribution in [1.29, 1.82) is 0 Å². The summed E-state index contributed by atoms with van der Waals surface area (Å²) in [5.41, 5.74) is 9.11. The summed E-state index contributed by atoms with van der Waals surface area (Å²) < 4.78 is 6.34. The molecular formula is C30H39NO4S. The molecule has 2 aromatic carbocycles. The van der Waals surface area contributed by atoms with Crippen LogP contribution in [-0.4, -0.2) is 21.8 Å². The van der Waals surface area contributed by atoms with E-state index in [4.69, 9.17) is 10.5 Å². The number of nitrogens with two attached hydrogens (primary N) is 1. The quantitative estimate of drug-likeness (QED) is 0.279. The Morgan fingerprint density at radius 1 is 1.08 bits per heavy atom. The van der Waals surface area contributed by atoms with Crippen molar-refractivity contribution in [3.8, 4) is 5.75 Å². The van der Waals surface area contributed by atoms with E-state index in [0.717, 1.165) is 53.0 Å². The third-order valence-corrected chi connectivity index (χ3v) is 8.88. The van der Waals surface area contributed by atoms with Gasteiger partial charge in [0.2, 0.25) is 0 Å². The first-order chi connectivity index (χ1) is 17.0. The van der Waals surface area contributed by atoms with Crippen molar-refractivity contribution in [2.75, 3.05) is 5.73 Å². The third kappa shape index (κ3) is 5.69. The molecule has 0 amide bonds. The molecule has 0 radical (unpaired) electrons. The highest BCUT2D eigenvalue weighted by Gasteiger charge is 2.47. The van der Waals surface area contributed by atoms with Crippen LogP contribution in [0.1, 0.15) is 82.4 Å². The van der Waals surface area contributed by atoms with Gasteiger partial charge in [0.15, 0.2) is 0 Å². The minimum Gasteiger partial charge on any atom is -0.511 e. The van der Waals surface area contributed by atoms with Gasteiger partial charge in [-0.25, -0.2) is 4.79 Å². The molecule has 0 bridgehead atoms. The van der Waals surface area contributed by atoms with Crippen LogP contribution >= 0.6 is 11.8 Å². The smallest absolute Gasteiger partial charge is 0.349 e. The number of cyclic esters (lactones) is 1. The summed E-state index contributed by atoms with van der Waals surface area (Å²) >= 11 is 1.29. The van der Waals surface area contributed by atoms with Crippen molar-refractivity contribution >= 4 is 23.4 Å². The highest BCUT2D eigenvalue weighted by Crippen LogP contribution is 2.48. The van der Waals surface area contributed by atoms with E-state index in [0.29, 0.717) is 19.3 Å². The number of aromatic hydroxyl groups is 1. The van der Waals surface area contributed by atoms with E-state index < -0.39 is 11.6 Å². The number of rotatable bonds is 6.